The summed E-state index contributed by atoms with van der Waals surface area (Å²) in [4.78, 5) is 19.9. The van der Waals surface area contributed by atoms with Gasteiger partial charge in [0.25, 0.3) is 5.69 Å². The predicted molar refractivity (Wildman–Crippen MR) is 78.2 cm³/mol. The van der Waals surface area contributed by atoms with E-state index in [1.807, 2.05) is 18.2 Å². The first-order chi connectivity index (χ1) is 10.4. The van der Waals surface area contributed by atoms with Gasteiger partial charge in [-0.25, -0.2) is 0 Å². The summed E-state index contributed by atoms with van der Waals surface area (Å²) in [5.41, 5.74) is -0.736. The molecule has 0 saturated heterocycles. The van der Waals surface area contributed by atoms with Gasteiger partial charge in [0, 0.05) is 12.1 Å². The van der Waals surface area contributed by atoms with Crippen LogP contribution in [0.25, 0.3) is 0 Å². The molecule has 1 atom stereocenters. The fourth-order valence-corrected chi connectivity index (χ4v) is 2.02. The van der Waals surface area contributed by atoms with Gasteiger partial charge < -0.3 is 5.32 Å². The van der Waals surface area contributed by atoms with Crippen LogP contribution < -0.4 is 5.32 Å². The minimum atomic E-state index is -1.13. The lowest BCUT2D eigenvalue weighted by Gasteiger charge is -2.15. The molecule has 114 valence electrons. The fourth-order valence-electron chi connectivity index (χ4n) is 2.02. The average Bonchev–Trinajstić information content (AvgIpc) is 2.47. The normalized spacial score (nSPS) is 11.7. The molecule has 2 aromatic carbocycles. The van der Waals surface area contributed by atoms with Gasteiger partial charge in [-0.2, -0.15) is 4.39 Å². The Morgan fingerprint density at radius 2 is 1.64 bits per heavy atom. The summed E-state index contributed by atoms with van der Waals surface area (Å²) in [6, 6.07) is 10.1. The Balaban J connectivity index is 2.40. The summed E-state index contributed by atoms with van der Waals surface area (Å²) in [6.07, 6.45) is 0. The molecule has 2 rings (SSSR count). The number of nitrogens with one attached hydrogen (secondary N) is 1. The van der Waals surface area contributed by atoms with Crippen molar-refractivity contribution in [3.63, 3.8) is 0 Å². The molecule has 0 aliphatic rings. The quantitative estimate of drug-likeness (QED) is 0.669. The second-order valence-corrected chi connectivity index (χ2v) is 4.61. The van der Waals surface area contributed by atoms with Crippen LogP contribution in [0.2, 0.25) is 0 Å². The molecule has 0 unspecified atom stereocenters. The predicted octanol–water partition coefficient (Wildman–Crippen LogP) is 3.82. The van der Waals surface area contributed by atoms with Crippen molar-refractivity contribution in [1.82, 2.24) is 0 Å². The molecule has 0 amide bonds. The third-order valence-corrected chi connectivity index (χ3v) is 3.13. The number of hydrogen-bond donors (Lipinski definition) is 1. The molecule has 0 radical (unpaired) electrons. The number of halogens is 1. The molecular formula is C14H12FN3O4. The van der Waals surface area contributed by atoms with Crippen LogP contribution >= 0.6 is 0 Å². The van der Waals surface area contributed by atoms with Crippen LogP contribution in [0, 0.1) is 26.0 Å². The Labute approximate surface area is 124 Å². The molecule has 8 heteroatoms. The third-order valence-electron chi connectivity index (χ3n) is 3.13. The molecule has 22 heavy (non-hydrogen) atoms. The lowest BCUT2D eigenvalue weighted by Crippen LogP contribution is -2.09. The maximum absolute atomic E-state index is 13.7. The monoisotopic (exact) mass is 305 g/mol. The van der Waals surface area contributed by atoms with E-state index in [4.69, 9.17) is 0 Å². The molecule has 0 saturated carbocycles. The highest BCUT2D eigenvalue weighted by atomic mass is 19.1. The number of nitrogens with zero attached hydrogens (tertiary/aromatic N) is 2. The molecule has 0 spiro atoms. The highest BCUT2D eigenvalue weighted by Gasteiger charge is 2.25. The topological polar surface area (TPSA) is 98.3 Å². The van der Waals surface area contributed by atoms with Crippen molar-refractivity contribution in [3.8, 4) is 0 Å². The van der Waals surface area contributed by atoms with E-state index in [2.05, 4.69) is 5.32 Å². The van der Waals surface area contributed by atoms with Gasteiger partial charge in [-0.15, -0.1) is 0 Å². The first-order valence-electron chi connectivity index (χ1n) is 6.34. The maximum Gasteiger partial charge on any atom is 0.311 e. The van der Waals surface area contributed by atoms with Gasteiger partial charge >= 0.3 is 5.69 Å². The minimum absolute atomic E-state index is 0.107. The third kappa shape index (κ3) is 3.17. The van der Waals surface area contributed by atoms with Crippen LogP contribution in [0.4, 0.5) is 21.5 Å². The Bertz CT molecular complexity index is 722. The van der Waals surface area contributed by atoms with E-state index in [0.29, 0.717) is 6.07 Å². The number of nitro benzene ring substituents is 2. The molecule has 0 bridgehead atoms. The van der Waals surface area contributed by atoms with E-state index >= 15 is 0 Å². The zero-order valence-electron chi connectivity index (χ0n) is 11.5. The standard InChI is InChI=1S/C14H12FN3O4/c1-9(10-5-3-2-4-6-10)16-12-7-11(15)13(17(19)20)8-14(12)18(21)22/h2-9,16H,1H3/t9-/m1/s1. The SMILES string of the molecule is C[C@@H](Nc1cc(F)c([N+](=O)[O-])cc1[N+](=O)[O-])c1ccccc1. The molecule has 7 nitrogen and oxygen atoms in total. The van der Waals surface area contributed by atoms with E-state index in [0.717, 1.165) is 11.6 Å². The molecule has 0 aromatic heterocycles. The van der Waals surface area contributed by atoms with E-state index in [9.17, 15) is 24.6 Å². The van der Waals surface area contributed by atoms with Crippen molar-refractivity contribution >= 4 is 17.1 Å². The number of anilines is 1. The summed E-state index contributed by atoms with van der Waals surface area (Å²) >= 11 is 0. The van der Waals surface area contributed by atoms with Crippen molar-refractivity contribution in [2.75, 3.05) is 5.32 Å². The summed E-state index contributed by atoms with van der Waals surface area (Å²) in [6.45, 7) is 1.75. The molecule has 0 aliphatic carbocycles. The second-order valence-electron chi connectivity index (χ2n) is 4.61. The first-order valence-corrected chi connectivity index (χ1v) is 6.34. The van der Waals surface area contributed by atoms with Gasteiger partial charge in [-0.1, -0.05) is 30.3 Å². The van der Waals surface area contributed by atoms with Crippen molar-refractivity contribution < 1.29 is 14.2 Å². The number of nitro groups is 2. The molecular weight excluding hydrogens is 293 g/mol. The van der Waals surface area contributed by atoms with Crippen molar-refractivity contribution in [2.45, 2.75) is 13.0 Å². The van der Waals surface area contributed by atoms with Crippen LogP contribution in [0.1, 0.15) is 18.5 Å². The molecule has 0 aliphatic heterocycles. The van der Waals surface area contributed by atoms with Crippen LogP contribution in [-0.2, 0) is 0 Å². The average molecular weight is 305 g/mol. The summed E-state index contributed by atoms with van der Waals surface area (Å²) < 4.78 is 13.7. The Hall–Kier alpha value is -3.03. The first kappa shape index (κ1) is 15.4. The molecule has 0 heterocycles. The van der Waals surface area contributed by atoms with Crippen LogP contribution in [-0.4, -0.2) is 9.85 Å². The van der Waals surface area contributed by atoms with Crippen LogP contribution in [0.3, 0.4) is 0 Å². The highest BCUT2D eigenvalue weighted by Crippen LogP contribution is 2.33. The minimum Gasteiger partial charge on any atom is -0.373 e. The van der Waals surface area contributed by atoms with Gasteiger partial charge in [0.05, 0.1) is 15.9 Å². The van der Waals surface area contributed by atoms with E-state index < -0.39 is 27.0 Å². The number of benzene rings is 2. The largest absolute Gasteiger partial charge is 0.373 e. The van der Waals surface area contributed by atoms with Crippen molar-refractivity contribution in [2.24, 2.45) is 0 Å². The second kappa shape index (κ2) is 6.17. The molecule has 1 N–H and O–H groups in total. The maximum atomic E-state index is 13.7. The van der Waals surface area contributed by atoms with Crippen LogP contribution in [0.15, 0.2) is 42.5 Å². The Morgan fingerprint density at radius 3 is 2.18 bits per heavy atom. The van der Waals surface area contributed by atoms with Gasteiger partial charge in [0.2, 0.25) is 5.82 Å². The molecule has 0 fully saturated rings. The lowest BCUT2D eigenvalue weighted by atomic mass is 10.1. The van der Waals surface area contributed by atoms with Gasteiger partial charge in [-0.3, -0.25) is 20.2 Å². The van der Waals surface area contributed by atoms with E-state index in [1.165, 1.54) is 0 Å². The Kier molecular flexibility index (Phi) is 4.31. The van der Waals surface area contributed by atoms with Gasteiger partial charge in [0.1, 0.15) is 5.69 Å². The summed E-state index contributed by atoms with van der Waals surface area (Å²) in [5.74, 6) is -1.13. The molecule has 2 aromatic rings. The smallest absolute Gasteiger partial charge is 0.311 e. The lowest BCUT2D eigenvalue weighted by molar-refractivity contribution is -0.395. The summed E-state index contributed by atoms with van der Waals surface area (Å²) in [5, 5.41) is 24.5. The Morgan fingerprint density at radius 1 is 1.05 bits per heavy atom. The van der Waals surface area contributed by atoms with E-state index in [1.54, 1.807) is 19.1 Å². The zero-order chi connectivity index (χ0) is 16.3. The van der Waals surface area contributed by atoms with Crippen molar-refractivity contribution in [1.29, 1.82) is 0 Å². The number of hydrogen-bond acceptors (Lipinski definition) is 5. The zero-order valence-corrected chi connectivity index (χ0v) is 11.5. The fraction of sp³-hybridized carbons (Fsp3) is 0.143. The highest BCUT2D eigenvalue weighted by molar-refractivity contribution is 5.66. The number of rotatable bonds is 5. The summed E-state index contributed by atoms with van der Waals surface area (Å²) in [7, 11) is 0. The van der Waals surface area contributed by atoms with Crippen molar-refractivity contribution in [3.05, 3.63) is 74.1 Å². The van der Waals surface area contributed by atoms with Gasteiger partial charge in [-0.05, 0) is 12.5 Å². The van der Waals surface area contributed by atoms with Crippen LogP contribution in [0.5, 0.6) is 0 Å². The van der Waals surface area contributed by atoms with Gasteiger partial charge in [0.15, 0.2) is 0 Å². The van der Waals surface area contributed by atoms with E-state index in [-0.39, 0.29) is 11.7 Å².